The number of hydrogen-bond acceptors (Lipinski definition) is 6. The van der Waals surface area contributed by atoms with Crippen LogP contribution in [-0.2, 0) is 22.4 Å². The highest BCUT2D eigenvalue weighted by atomic mass is 32.1. The van der Waals surface area contributed by atoms with Crippen molar-refractivity contribution in [1.29, 1.82) is 0 Å². The van der Waals surface area contributed by atoms with Gasteiger partial charge in [-0.25, -0.2) is 4.98 Å². The van der Waals surface area contributed by atoms with Gasteiger partial charge in [-0.1, -0.05) is 12.1 Å². The minimum absolute atomic E-state index is 0.0563. The first-order valence-electron chi connectivity index (χ1n) is 10.3. The number of anilines is 2. The minimum atomic E-state index is -0.149. The Labute approximate surface area is 191 Å². The average Bonchev–Trinajstić information content (AvgIpc) is 3.36. The van der Waals surface area contributed by atoms with Crippen molar-refractivity contribution in [3.63, 3.8) is 0 Å². The number of nitrogens with zero attached hydrogens (tertiary/aromatic N) is 2. The van der Waals surface area contributed by atoms with Crippen LogP contribution in [0.25, 0.3) is 11.3 Å². The number of nitrogens with one attached hydrogen (secondary N) is 1. The van der Waals surface area contributed by atoms with Gasteiger partial charge in [0.1, 0.15) is 0 Å². The zero-order valence-corrected chi connectivity index (χ0v) is 19.3. The number of carbonyl (C=O) groups is 2. The number of fused-ring (bicyclic) bond motifs is 1. The standard InChI is InChI=1S/C24H25N3O4S/c1-14-23(18-6-7-19-17(13-18)9-10-27(19)15(2)28)26-24(32-14)25-22(29)12-16-5-8-20(30-3)21(11-16)31-4/h5-8,11,13H,9-10,12H2,1-4H3,(H,25,26,29). The van der Waals surface area contributed by atoms with E-state index in [-0.39, 0.29) is 18.2 Å². The summed E-state index contributed by atoms with van der Waals surface area (Å²) >= 11 is 1.45. The van der Waals surface area contributed by atoms with E-state index in [2.05, 4.69) is 16.4 Å². The molecule has 7 nitrogen and oxygen atoms in total. The summed E-state index contributed by atoms with van der Waals surface area (Å²) in [5.41, 5.74) is 4.77. The van der Waals surface area contributed by atoms with E-state index in [1.54, 1.807) is 38.2 Å². The molecule has 32 heavy (non-hydrogen) atoms. The number of methoxy groups -OCH3 is 2. The Kier molecular flexibility index (Phi) is 6.14. The molecule has 0 aliphatic carbocycles. The largest absolute Gasteiger partial charge is 0.493 e. The fourth-order valence-corrected chi connectivity index (χ4v) is 4.79. The first kappa shape index (κ1) is 21.8. The quantitative estimate of drug-likeness (QED) is 0.607. The van der Waals surface area contributed by atoms with Crippen LogP contribution in [0.4, 0.5) is 10.8 Å². The van der Waals surface area contributed by atoms with Crippen LogP contribution in [0, 0.1) is 6.92 Å². The number of rotatable bonds is 6. The lowest BCUT2D eigenvalue weighted by atomic mass is 10.1. The van der Waals surface area contributed by atoms with Crippen molar-refractivity contribution in [1.82, 2.24) is 4.98 Å². The number of benzene rings is 2. The zero-order chi connectivity index (χ0) is 22.8. The zero-order valence-electron chi connectivity index (χ0n) is 18.5. The summed E-state index contributed by atoms with van der Waals surface area (Å²) in [5, 5.41) is 3.47. The van der Waals surface area contributed by atoms with Gasteiger partial charge < -0.3 is 19.7 Å². The van der Waals surface area contributed by atoms with Gasteiger partial charge in [-0.05, 0) is 48.7 Å². The van der Waals surface area contributed by atoms with Crippen molar-refractivity contribution in [2.45, 2.75) is 26.7 Å². The lowest BCUT2D eigenvalue weighted by Crippen LogP contribution is -2.25. The number of ether oxygens (including phenoxy) is 2. The monoisotopic (exact) mass is 451 g/mol. The summed E-state index contributed by atoms with van der Waals surface area (Å²) in [6.45, 7) is 4.29. The van der Waals surface area contributed by atoms with E-state index in [1.165, 1.54) is 11.3 Å². The third kappa shape index (κ3) is 4.31. The molecule has 0 saturated heterocycles. The number of carbonyl (C=O) groups excluding carboxylic acids is 2. The SMILES string of the molecule is COc1ccc(CC(=O)Nc2nc(-c3ccc4c(c3)CCN4C(C)=O)c(C)s2)cc1OC. The summed E-state index contributed by atoms with van der Waals surface area (Å²) in [6.07, 6.45) is 1.04. The van der Waals surface area contributed by atoms with Crippen LogP contribution in [0.5, 0.6) is 11.5 Å². The Morgan fingerprint density at radius 2 is 1.91 bits per heavy atom. The molecule has 4 rings (SSSR count). The number of hydrogen-bond donors (Lipinski definition) is 1. The molecule has 2 heterocycles. The molecule has 1 N–H and O–H groups in total. The lowest BCUT2D eigenvalue weighted by Gasteiger charge is -2.14. The van der Waals surface area contributed by atoms with Gasteiger partial charge in [-0.3, -0.25) is 9.59 Å². The van der Waals surface area contributed by atoms with Crippen LogP contribution >= 0.6 is 11.3 Å². The van der Waals surface area contributed by atoms with Crippen molar-refractivity contribution in [3.05, 3.63) is 52.4 Å². The third-order valence-corrected chi connectivity index (χ3v) is 6.37. The third-order valence-electron chi connectivity index (χ3n) is 5.48. The van der Waals surface area contributed by atoms with Crippen molar-refractivity contribution >= 4 is 34.0 Å². The van der Waals surface area contributed by atoms with Crippen LogP contribution in [0.3, 0.4) is 0 Å². The van der Waals surface area contributed by atoms with E-state index >= 15 is 0 Å². The molecule has 0 unspecified atom stereocenters. The first-order valence-corrected chi connectivity index (χ1v) is 11.1. The van der Waals surface area contributed by atoms with Crippen LogP contribution in [0.15, 0.2) is 36.4 Å². The fourth-order valence-electron chi connectivity index (χ4n) is 3.93. The Balaban J connectivity index is 1.48. The number of amides is 2. The predicted octanol–water partition coefficient (Wildman–Crippen LogP) is 4.23. The summed E-state index contributed by atoms with van der Waals surface area (Å²) in [4.78, 5) is 31.9. The summed E-state index contributed by atoms with van der Waals surface area (Å²) in [7, 11) is 3.14. The molecular weight excluding hydrogens is 426 g/mol. The second kappa shape index (κ2) is 9.00. The molecule has 0 fully saturated rings. The molecule has 0 atom stereocenters. The highest BCUT2D eigenvalue weighted by molar-refractivity contribution is 7.16. The van der Waals surface area contributed by atoms with Crippen LogP contribution in [-0.4, -0.2) is 37.6 Å². The Bertz CT molecular complexity index is 1190. The molecule has 0 spiro atoms. The molecule has 3 aromatic rings. The van der Waals surface area contributed by atoms with E-state index < -0.39 is 0 Å². The van der Waals surface area contributed by atoms with Crippen molar-refractivity contribution in [2.24, 2.45) is 0 Å². The van der Waals surface area contributed by atoms with Gasteiger partial charge in [0.25, 0.3) is 0 Å². The Hall–Kier alpha value is -3.39. The topological polar surface area (TPSA) is 80.8 Å². The smallest absolute Gasteiger partial charge is 0.230 e. The number of aryl methyl sites for hydroxylation is 1. The van der Waals surface area contributed by atoms with Crippen LogP contribution < -0.4 is 19.7 Å². The van der Waals surface area contributed by atoms with Crippen molar-refractivity contribution in [2.75, 3.05) is 31.0 Å². The maximum Gasteiger partial charge on any atom is 0.230 e. The van der Waals surface area contributed by atoms with Gasteiger partial charge in [0.2, 0.25) is 11.8 Å². The maximum absolute atomic E-state index is 12.6. The molecule has 0 saturated carbocycles. The number of aromatic nitrogens is 1. The highest BCUT2D eigenvalue weighted by Crippen LogP contribution is 2.36. The maximum atomic E-state index is 12.6. The molecule has 0 bridgehead atoms. The molecule has 166 valence electrons. The summed E-state index contributed by atoms with van der Waals surface area (Å²) in [6, 6.07) is 11.5. The van der Waals surface area contributed by atoms with E-state index in [1.807, 2.05) is 25.1 Å². The van der Waals surface area contributed by atoms with Gasteiger partial charge in [0, 0.05) is 29.6 Å². The fraction of sp³-hybridized carbons (Fsp3) is 0.292. The van der Waals surface area contributed by atoms with E-state index in [4.69, 9.17) is 9.47 Å². The van der Waals surface area contributed by atoms with Gasteiger partial charge in [0.15, 0.2) is 16.6 Å². The van der Waals surface area contributed by atoms with Crippen LogP contribution in [0.1, 0.15) is 22.9 Å². The molecular formula is C24H25N3O4S. The normalized spacial score (nSPS) is 12.4. The average molecular weight is 452 g/mol. The molecule has 1 aliphatic heterocycles. The van der Waals surface area contributed by atoms with E-state index in [0.717, 1.165) is 39.4 Å². The molecule has 1 aromatic heterocycles. The summed E-state index contributed by atoms with van der Waals surface area (Å²) in [5.74, 6) is 1.12. The second-order valence-electron chi connectivity index (χ2n) is 7.60. The van der Waals surface area contributed by atoms with Gasteiger partial charge in [-0.2, -0.15) is 0 Å². The summed E-state index contributed by atoms with van der Waals surface area (Å²) < 4.78 is 10.5. The van der Waals surface area contributed by atoms with Gasteiger partial charge in [0.05, 0.1) is 26.3 Å². The van der Waals surface area contributed by atoms with Crippen molar-refractivity contribution in [3.8, 4) is 22.8 Å². The second-order valence-corrected chi connectivity index (χ2v) is 8.81. The number of thiazole rings is 1. The van der Waals surface area contributed by atoms with Crippen molar-refractivity contribution < 1.29 is 19.1 Å². The van der Waals surface area contributed by atoms with E-state index in [0.29, 0.717) is 23.2 Å². The highest BCUT2D eigenvalue weighted by Gasteiger charge is 2.23. The van der Waals surface area contributed by atoms with Gasteiger partial charge in [-0.15, -0.1) is 11.3 Å². The molecule has 2 amide bonds. The molecule has 0 radical (unpaired) electrons. The van der Waals surface area contributed by atoms with E-state index in [9.17, 15) is 9.59 Å². The predicted molar refractivity (Wildman–Crippen MR) is 126 cm³/mol. The molecule has 8 heteroatoms. The van der Waals surface area contributed by atoms with Gasteiger partial charge >= 0.3 is 0 Å². The molecule has 2 aromatic carbocycles. The molecule has 1 aliphatic rings. The minimum Gasteiger partial charge on any atom is -0.493 e. The first-order chi connectivity index (χ1) is 15.4. The Morgan fingerprint density at radius 1 is 1.12 bits per heavy atom. The Morgan fingerprint density at radius 3 is 2.62 bits per heavy atom. The lowest BCUT2D eigenvalue weighted by molar-refractivity contribution is -0.117. The van der Waals surface area contributed by atoms with Crippen LogP contribution in [0.2, 0.25) is 0 Å².